The van der Waals surface area contributed by atoms with Gasteiger partial charge < -0.3 is 20.2 Å². The van der Waals surface area contributed by atoms with Crippen molar-refractivity contribution in [2.24, 2.45) is 0 Å². The van der Waals surface area contributed by atoms with Gasteiger partial charge in [0.25, 0.3) is 0 Å². The molecule has 7 nitrogen and oxygen atoms in total. The van der Waals surface area contributed by atoms with E-state index in [4.69, 9.17) is 0 Å². The standard InChI is InChI=1S/C20H25N5O2/c1-24(15-6-4-10-25(13-15)19-8-3-9-21-23-19)20(27)22-18-12-17(18)14-5-2-7-16(26)11-14/h2-3,5,7-9,11,15,17-18,26H,4,6,10,12-13H2,1H3,(H,22,27)/t15-,17+,18-/m1/s1. The highest BCUT2D eigenvalue weighted by Gasteiger charge is 2.40. The number of phenolic OH excluding ortho intramolecular Hbond substituents is 1. The van der Waals surface area contributed by atoms with Crippen molar-refractivity contribution in [1.29, 1.82) is 0 Å². The van der Waals surface area contributed by atoms with E-state index < -0.39 is 0 Å². The van der Waals surface area contributed by atoms with E-state index in [0.717, 1.165) is 43.7 Å². The number of rotatable bonds is 4. The van der Waals surface area contributed by atoms with Crippen LogP contribution in [0.3, 0.4) is 0 Å². The van der Waals surface area contributed by atoms with Crippen LogP contribution in [0.4, 0.5) is 10.6 Å². The van der Waals surface area contributed by atoms with E-state index in [1.165, 1.54) is 0 Å². The summed E-state index contributed by atoms with van der Waals surface area (Å²) in [5.41, 5.74) is 1.08. The van der Waals surface area contributed by atoms with Crippen molar-refractivity contribution in [1.82, 2.24) is 20.4 Å². The van der Waals surface area contributed by atoms with Gasteiger partial charge in [0.05, 0.1) is 6.04 Å². The minimum absolute atomic E-state index is 0.0337. The Balaban J connectivity index is 1.33. The highest BCUT2D eigenvalue weighted by Crippen LogP contribution is 2.41. The molecule has 1 saturated heterocycles. The van der Waals surface area contributed by atoms with Crippen molar-refractivity contribution >= 4 is 11.8 Å². The van der Waals surface area contributed by atoms with Gasteiger partial charge in [-0.1, -0.05) is 12.1 Å². The second kappa shape index (κ2) is 7.42. The van der Waals surface area contributed by atoms with E-state index in [-0.39, 0.29) is 29.8 Å². The largest absolute Gasteiger partial charge is 0.508 e. The van der Waals surface area contributed by atoms with Crippen LogP contribution in [0.1, 0.15) is 30.7 Å². The summed E-state index contributed by atoms with van der Waals surface area (Å²) in [6.07, 6.45) is 4.60. The molecule has 1 aromatic carbocycles. The van der Waals surface area contributed by atoms with Crippen LogP contribution in [0.2, 0.25) is 0 Å². The van der Waals surface area contributed by atoms with E-state index in [0.29, 0.717) is 0 Å². The van der Waals surface area contributed by atoms with E-state index in [2.05, 4.69) is 20.4 Å². The number of urea groups is 1. The number of phenols is 1. The summed E-state index contributed by atoms with van der Waals surface area (Å²) in [4.78, 5) is 16.7. The van der Waals surface area contributed by atoms with Crippen molar-refractivity contribution in [2.45, 2.75) is 37.3 Å². The number of hydrogen-bond donors (Lipinski definition) is 2. The summed E-state index contributed by atoms with van der Waals surface area (Å²) >= 11 is 0. The third-order valence-corrected chi connectivity index (χ3v) is 5.54. The zero-order valence-corrected chi connectivity index (χ0v) is 15.5. The normalized spacial score (nSPS) is 24.3. The number of hydrogen-bond acceptors (Lipinski definition) is 5. The van der Waals surface area contributed by atoms with Gasteiger partial charge in [-0.05, 0) is 49.1 Å². The summed E-state index contributed by atoms with van der Waals surface area (Å²) in [5.74, 6) is 1.42. The van der Waals surface area contributed by atoms with Crippen molar-refractivity contribution in [2.75, 3.05) is 25.0 Å². The first-order valence-electron chi connectivity index (χ1n) is 9.47. The maximum absolute atomic E-state index is 12.7. The average molecular weight is 367 g/mol. The first-order valence-corrected chi connectivity index (χ1v) is 9.47. The maximum atomic E-state index is 12.7. The summed E-state index contributed by atoms with van der Waals surface area (Å²) in [6, 6.07) is 11.4. The fourth-order valence-corrected chi connectivity index (χ4v) is 3.85. The minimum atomic E-state index is -0.0337. The molecule has 2 heterocycles. The molecular weight excluding hydrogens is 342 g/mol. The second-order valence-corrected chi connectivity index (χ2v) is 7.43. The molecule has 2 aromatic rings. The Morgan fingerprint density at radius 2 is 2.22 bits per heavy atom. The zero-order valence-electron chi connectivity index (χ0n) is 15.5. The summed E-state index contributed by atoms with van der Waals surface area (Å²) < 4.78 is 0. The SMILES string of the molecule is CN(C(=O)N[C@@H]1C[C@H]1c1cccc(O)c1)[C@@H]1CCCN(c2cccnn2)C1. The van der Waals surface area contributed by atoms with Gasteiger partial charge >= 0.3 is 6.03 Å². The van der Waals surface area contributed by atoms with Crippen LogP contribution in [0, 0.1) is 0 Å². The smallest absolute Gasteiger partial charge is 0.317 e. The first kappa shape index (κ1) is 17.6. The predicted molar refractivity (Wildman–Crippen MR) is 103 cm³/mol. The molecule has 2 amide bonds. The van der Waals surface area contributed by atoms with Gasteiger partial charge in [-0.25, -0.2) is 4.79 Å². The van der Waals surface area contributed by atoms with Crippen LogP contribution >= 0.6 is 0 Å². The van der Waals surface area contributed by atoms with Crippen molar-refractivity contribution < 1.29 is 9.90 Å². The van der Waals surface area contributed by atoms with Crippen molar-refractivity contribution in [3.63, 3.8) is 0 Å². The Labute approximate surface area is 159 Å². The van der Waals surface area contributed by atoms with E-state index in [1.807, 2.05) is 36.2 Å². The molecule has 1 aliphatic heterocycles. The Kier molecular flexibility index (Phi) is 4.83. The number of aromatic hydroxyl groups is 1. The quantitative estimate of drug-likeness (QED) is 0.867. The molecular formula is C20H25N5O2. The summed E-state index contributed by atoms with van der Waals surface area (Å²) in [7, 11) is 1.87. The number of carbonyl (C=O) groups is 1. The number of amides is 2. The van der Waals surface area contributed by atoms with Crippen LogP contribution < -0.4 is 10.2 Å². The number of nitrogens with zero attached hydrogens (tertiary/aromatic N) is 4. The van der Waals surface area contributed by atoms with Gasteiger partial charge in [0, 0.05) is 38.3 Å². The fraction of sp³-hybridized carbons (Fsp3) is 0.450. The zero-order chi connectivity index (χ0) is 18.8. The molecule has 2 N–H and O–H groups in total. The Morgan fingerprint density at radius 3 is 3.00 bits per heavy atom. The number of aromatic nitrogens is 2. The topological polar surface area (TPSA) is 81.6 Å². The molecule has 0 unspecified atom stereocenters. The van der Waals surface area contributed by atoms with E-state index >= 15 is 0 Å². The molecule has 2 aliphatic rings. The van der Waals surface area contributed by atoms with Crippen LogP contribution in [0.15, 0.2) is 42.6 Å². The first-order chi connectivity index (χ1) is 13.1. The van der Waals surface area contributed by atoms with Crippen LogP contribution in [-0.4, -0.2) is 58.5 Å². The molecule has 4 rings (SSSR count). The second-order valence-electron chi connectivity index (χ2n) is 7.43. The molecule has 7 heteroatoms. The number of nitrogens with one attached hydrogen (secondary N) is 1. The van der Waals surface area contributed by atoms with E-state index in [9.17, 15) is 9.90 Å². The molecule has 2 fully saturated rings. The van der Waals surface area contributed by atoms with Gasteiger partial charge in [-0.15, -0.1) is 5.10 Å². The Hall–Kier alpha value is -2.83. The number of piperidine rings is 1. The highest BCUT2D eigenvalue weighted by atomic mass is 16.3. The number of likely N-dealkylation sites (N-methyl/N-ethyl adjacent to an activating group) is 1. The monoisotopic (exact) mass is 367 g/mol. The average Bonchev–Trinajstić information content (AvgIpc) is 3.47. The van der Waals surface area contributed by atoms with Crippen LogP contribution in [0.25, 0.3) is 0 Å². The van der Waals surface area contributed by atoms with Crippen LogP contribution in [-0.2, 0) is 0 Å². The van der Waals surface area contributed by atoms with Gasteiger partial charge in [-0.3, -0.25) is 0 Å². The lowest BCUT2D eigenvalue weighted by molar-refractivity contribution is 0.182. The minimum Gasteiger partial charge on any atom is -0.508 e. The van der Waals surface area contributed by atoms with Crippen molar-refractivity contribution in [3.8, 4) is 5.75 Å². The molecule has 1 aromatic heterocycles. The summed E-state index contributed by atoms with van der Waals surface area (Å²) in [5, 5.41) is 20.9. The van der Waals surface area contributed by atoms with Crippen molar-refractivity contribution in [3.05, 3.63) is 48.2 Å². The molecule has 1 saturated carbocycles. The van der Waals surface area contributed by atoms with Gasteiger partial charge in [-0.2, -0.15) is 5.10 Å². The number of benzene rings is 1. The van der Waals surface area contributed by atoms with Crippen LogP contribution in [0.5, 0.6) is 5.75 Å². The fourth-order valence-electron chi connectivity index (χ4n) is 3.85. The molecule has 3 atom stereocenters. The number of carbonyl (C=O) groups excluding carboxylic acids is 1. The highest BCUT2D eigenvalue weighted by molar-refractivity contribution is 5.75. The molecule has 0 bridgehead atoms. The Morgan fingerprint density at radius 1 is 1.33 bits per heavy atom. The number of anilines is 1. The summed E-state index contributed by atoms with van der Waals surface area (Å²) in [6.45, 7) is 1.70. The molecule has 142 valence electrons. The molecule has 27 heavy (non-hydrogen) atoms. The third kappa shape index (κ3) is 3.97. The molecule has 0 radical (unpaired) electrons. The predicted octanol–water partition coefficient (Wildman–Crippen LogP) is 2.35. The lowest BCUT2D eigenvalue weighted by Gasteiger charge is -2.38. The Bertz CT molecular complexity index is 800. The maximum Gasteiger partial charge on any atom is 0.317 e. The van der Waals surface area contributed by atoms with Gasteiger partial charge in [0.1, 0.15) is 5.75 Å². The van der Waals surface area contributed by atoms with Gasteiger partial charge in [0.2, 0.25) is 0 Å². The lowest BCUT2D eigenvalue weighted by Crippen LogP contribution is -2.52. The molecule has 1 aliphatic carbocycles. The lowest BCUT2D eigenvalue weighted by atomic mass is 10.0. The van der Waals surface area contributed by atoms with E-state index in [1.54, 1.807) is 18.3 Å². The van der Waals surface area contributed by atoms with Gasteiger partial charge in [0.15, 0.2) is 5.82 Å². The third-order valence-electron chi connectivity index (χ3n) is 5.54. The molecule has 0 spiro atoms.